The van der Waals surface area contributed by atoms with E-state index in [2.05, 4.69) is 22.3 Å². The van der Waals surface area contributed by atoms with E-state index in [-0.39, 0.29) is 37.6 Å². The number of anilines is 1. The summed E-state index contributed by atoms with van der Waals surface area (Å²) in [5, 5.41) is 21.2. The van der Waals surface area contributed by atoms with Crippen LogP contribution in [0.2, 0.25) is 0 Å². The van der Waals surface area contributed by atoms with Gasteiger partial charge in [0.15, 0.2) is 17.8 Å². The summed E-state index contributed by atoms with van der Waals surface area (Å²) in [5.41, 5.74) is 5.57. The first-order chi connectivity index (χ1) is 20.8. The van der Waals surface area contributed by atoms with Gasteiger partial charge in [0, 0.05) is 43.7 Å². The van der Waals surface area contributed by atoms with Gasteiger partial charge in [-0.15, -0.1) is 0 Å². The predicted molar refractivity (Wildman–Crippen MR) is 159 cm³/mol. The molecule has 2 aliphatic rings. The lowest BCUT2D eigenvalue weighted by molar-refractivity contribution is -0.253. The van der Waals surface area contributed by atoms with Crippen molar-refractivity contribution in [3.8, 4) is 11.5 Å². The zero-order valence-corrected chi connectivity index (χ0v) is 24.5. The highest BCUT2D eigenvalue weighted by molar-refractivity contribution is 5.92. The highest BCUT2D eigenvalue weighted by atomic mass is 16.7. The molecule has 0 saturated carbocycles. The van der Waals surface area contributed by atoms with Crippen LogP contribution in [0.4, 0.5) is 5.69 Å². The van der Waals surface area contributed by atoms with Crippen LogP contribution in [-0.2, 0) is 38.6 Å². The summed E-state index contributed by atoms with van der Waals surface area (Å²) in [4.78, 5) is 25.5. The van der Waals surface area contributed by atoms with Crippen LogP contribution in [0.25, 0.3) is 0 Å². The van der Waals surface area contributed by atoms with Gasteiger partial charge in [-0.1, -0.05) is 36.4 Å². The number of methoxy groups -OCH3 is 2. The zero-order chi connectivity index (χ0) is 30.3. The van der Waals surface area contributed by atoms with Crippen molar-refractivity contribution in [2.24, 2.45) is 0 Å². The topological polar surface area (TPSA) is 127 Å². The quantitative estimate of drug-likeness (QED) is 0.294. The molecule has 43 heavy (non-hydrogen) atoms. The highest BCUT2D eigenvalue weighted by Crippen LogP contribution is 2.39. The SMILES string of the molecule is COc1cc2c(cc1OC)CN(CC1CC(c3ccc(CO)cc3)OC(c3cccc(NC(=O)CCC(=O)O)c3)O1)CC2. The Hall–Kier alpha value is -3.96. The Bertz CT molecular complexity index is 1430. The number of ether oxygens (including phenoxy) is 4. The molecule has 10 nitrogen and oxygen atoms in total. The summed E-state index contributed by atoms with van der Waals surface area (Å²) >= 11 is 0. The van der Waals surface area contributed by atoms with Gasteiger partial charge in [0.25, 0.3) is 0 Å². The second-order valence-electron chi connectivity index (χ2n) is 10.9. The van der Waals surface area contributed by atoms with Gasteiger partial charge in [-0.05, 0) is 52.9 Å². The van der Waals surface area contributed by atoms with Crippen molar-refractivity contribution in [1.29, 1.82) is 0 Å². The molecule has 3 N–H and O–H groups in total. The molecule has 0 spiro atoms. The molecule has 5 rings (SSSR count). The molecule has 3 atom stereocenters. The summed E-state index contributed by atoms with van der Waals surface area (Å²) in [6.45, 7) is 2.30. The number of nitrogens with zero attached hydrogens (tertiary/aromatic N) is 1. The van der Waals surface area contributed by atoms with E-state index >= 15 is 0 Å². The monoisotopic (exact) mass is 590 g/mol. The number of carbonyl (C=O) groups excluding carboxylic acids is 1. The molecular formula is C33H38N2O8. The lowest BCUT2D eigenvalue weighted by atomic mass is 9.97. The third kappa shape index (κ3) is 7.71. The van der Waals surface area contributed by atoms with Crippen LogP contribution < -0.4 is 14.8 Å². The van der Waals surface area contributed by atoms with E-state index in [0.717, 1.165) is 42.0 Å². The minimum Gasteiger partial charge on any atom is -0.493 e. The molecule has 1 amide bonds. The van der Waals surface area contributed by atoms with Crippen LogP contribution in [0, 0.1) is 0 Å². The van der Waals surface area contributed by atoms with E-state index in [4.69, 9.17) is 24.1 Å². The molecule has 1 saturated heterocycles. The normalized spacial score (nSPS) is 20.2. The second kappa shape index (κ2) is 14.0. The first-order valence-corrected chi connectivity index (χ1v) is 14.4. The standard InChI is InChI=1S/C33H38N2O8/c1-40-29-15-23-12-13-35(18-25(23)16-30(29)41-2)19-27-17-28(22-8-6-21(20-36)7-9-22)43-33(42-27)24-4-3-5-26(14-24)34-31(37)10-11-32(38)39/h3-9,14-16,27-28,33,36H,10-13,17-20H2,1-2H3,(H,34,37)(H,38,39). The second-order valence-corrected chi connectivity index (χ2v) is 10.9. The lowest BCUT2D eigenvalue weighted by Gasteiger charge is -2.39. The number of aliphatic carboxylic acids is 1. The Balaban J connectivity index is 1.34. The van der Waals surface area contributed by atoms with Gasteiger partial charge in [0.05, 0.1) is 39.5 Å². The Morgan fingerprint density at radius 1 is 0.953 bits per heavy atom. The fraction of sp³-hybridized carbons (Fsp3) is 0.394. The van der Waals surface area contributed by atoms with Crippen LogP contribution >= 0.6 is 0 Å². The number of hydrogen-bond donors (Lipinski definition) is 3. The summed E-state index contributed by atoms with van der Waals surface area (Å²) in [6, 6.07) is 19.1. The van der Waals surface area contributed by atoms with E-state index < -0.39 is 12.3 Å². The third-order valence-corrected chi connectivity index (χ3v) is 7.88. The van der Waals surface area contributed by atoms with E-state index in [1.165, 1.54) is 11.1 Å². The molecule has 2 aliphatic heterocycles. The van der Waals surface area contributed by atoms with Gasteiger partial charge in [0.2, 0.25) is 5.91 Å². The Morgan fingerprint density at radius 3 is 2.40 bits per heavy atom. The fourth-order valence-corrected chi connectivity index (χ4v) is 5.63. The molecule has 228 valence electrons. The molecule has 10 heteroatoms. The van der Waals surface area contributed by atoms with Crippen molar-refractivity contribution in [2.75, 3.05) is 32.6 Å². The molecule has 0 radical (unpaired) electrons. The van der Waals surface area contributed by atoms with Crippen molar-refractivity contribution in [1.82, 2.24) is 4.90 Å². The number of benzene rings is 3. The number of rotatable bonds is 11. The van der Waals surface area contributed by atoms with Crippen molar-refractivity contribution in [3.05, 3.63) is 88.5 Å². The largest absolute Gasteiger partial charge is 0.493 e. The minimum atomic E-state index is -1.02. The average Bonchev–Trinajstić information content (AvgIpc) is 3.03. The van der Waals surface area contributed by atoms with Crippen molar-refractivity contribution in [2.45, 2.75) is 57.3 Å². The smallest absolute Gasteiger partial charge is 0.303 e. The number of fused-ring (bicyclic) bond motifs is 1. The van der Waals surface area contributed by atoms with Crippen LogP contribution in [-0.4, -0.2) is 60.4 Å². The van der Waals surface area contributed by atoms with E-state index in [9.17, 15) is 14.7 Å². The van der Waals surface area contributed by atoms with Crippen molar-refractivity contribution in [3.63, 3.8) is 0 Å². The summed E-state index contributed by atoms with van der Waals surface area (Å²) in [7, 11) is 3.29. The highest BCUT2D eigenvalue weighted by Gasteiger charge is 2.34. The number of amides is 1. The van der Waals surface area contributed by atoms with Gasteiger partial charge in [-0.25, -0.2) is 0 Å². The summed E-state index contributed by atoms with van der Waals surface area (Å²) in [6.07, 6.45) is 0.123. The minimum absolute atomic E-state index is 0.0295. The number of nitrogens with one attached hydrogen (secondary N) is 1. The van der Waals surface area contributed by atoms with Gasteiger partial charge in [0.1, 0.15) is 0 Å². The van der Waals surface area contributed by atoms with Gasteiger partial charge >= 0.3 is 5.97 Å². The molecule has 1 fully saturated rings. The molecule has 0 aliphatic carbocycles. The van der Waals surface area contributed by atoms with E-state index in [1.54, 1.807) is 26.4 Å². The van der Waals surface area contributed by atoms with Crippen LogP contribution in [0.5, 0.6) is 11.5 Å². The Labute approximate surface area is 251 Å². The van der Waals surface area contributed by atoms with Gasteiger partial charge in [-0.3, -0.25) is 14.5 Å². The maximum Gasteiger partial charge on any atom is 0.303 e. The van der Waals surface area contributed by atoms with E-state index in [0.29, 0.717) is 24.4 Å². The lowest BCUT2D eigenvalue weighted by Crippen LogP contribution is -2.41. The van der Waals surface area contributed by atoms with Gasteiger partial charge in [-0.2, -0.15) is 0 Å². The molecule has 3 unspecified atom stereocenters. The number of aliphatic hydroxyl groups excluding tert-OH is 1. The number of carboxylic acid groups (broad SMARTS) is 1. The molecule has 3 aromatic carbocycles. The molecule has 2 heterocycles. The molecule has 3 aromatic rings. The molecular weight excluding hydrogens is 552 g/mol. The maximum atomic E-state index is 12.3. The first-order valence-electron chi connectivity index (χ1n) is 14.4. The predicted octanol–water partition coefficient (Wildman–Crippen LogP) is 4.60. The third-order valence-electron chi connectivity index (χ3n) is 7.88. The Kier molecular flexibility index (Phi) is 9.93. The average molecular weight is 591 g/mol. The maximum absolute atomic E-state index is 12.3. The zero-order valence-electron chi connectivity index (χ0n) is 24.5. The van der Waals surface area contributed by atoms with Gasteiger partial charge < -0.3 is 34.5 Å². The van der Waals surface area contributed by atoms with Crippen LogP contribution in [0.15, 0.2) is 60.7 Å². The number of carbonyl (C=O) groups is 2. The summed E-state index contributed by atoms with van der Waals surface area (Å²) < 4.78 is 24.0. The summed E-state index contributed by atoms with van der Waals surface area (Å²) in [5.74, 6) is 0.0601. The first kappa shape index (κ1) is 30.5. The number of carboxylic acids is 1. The van der Waals surface area contributed by atoms with Crippen LogP contribution in [0.3, 0.4) is 0 Å². The number of hydrogen-bond acceptors (Lipinski definition) is 8. The molecule has 0 bridgehead atoms. The van der Waals surface area contributed by atoms with Crippen molar-refractivity contribution >= 4 is 17.6 Å². The fourth-order valence-electron chi connectivity index (χ4n) is 5.63. The van der Waals surface area contributed by atoms with Crippen LogP contribution in [0.1, 0.15) is 59.5 Å². The number of aliphatic hydroxyl groups is 1. The van der Waals surface area contributed by atoms with E-state index in [1.807, 2.05) is 36.4 Å². The van der Waals surface area contributed by atoms with Crippen molar-refractivity contribution < 1.29 is 38.7 Å². The molecule has 0 aromatic heterocycles. The Morgan fingerprint density at radius 2 is 1.70 bits per heavy atom.